The van der Waals surface area contributed by atoms with Crippen molar-refractivity contribution >= 4 is 23.2 Å². The first-order valence-corrected chi connectivity index (χ1v) is 5.90. The number of carbonyl (C=O) groups is 2. The summed E-state index contributed by atoms with van der Waals surface area (Å²) in [4.78, 5) is 27.9. The van der Waals surface area contributed by atoms with Crippen LogP contribution in [0.5, 0.6) is 0 Å². The van der Waals surface area contributed by atoms with Gasteiger partial charge in [-0.05, 0) is 6.54 Å². The van der Waals surface area contributed by atoms with E-state index in [4.69, 9.17) is 11.6 Å². The molecule has 1 aromatic heterocycles. The average Bonchev–Trinajstić information content (AvgIpc) is 2.75. The monoisotopic (exact) mass is 257 g/mol. The second kappa shape index (κ2) is 6.28. The molecule has 0 atom stereocenters. The van der Waals surface area contributed by atoms with E-state index in [1.165, 1.54) is 11.3 Å². The molecule has 7 nitrogen and oxygen atoms in total. The molecule has 1 heterocycles. The molecule has 0 saturated heterocycles. The number of nitrogens with two attached hydrogens (primary N) is 2. The molecule has 0 saturated carbocycles. The smallest absolute Gasteiger partial charge is 0.294 e. The van der Waals surface area contributed by atoms with Crippen molar-refractivity contribution < 1.29 is 9.59 Å². The first kappa shape index (κ1) is 13.6. The minimum Gasteiger partial charge on any atom is -0.369 e. The summed E-state index contributed by atoms with van der Waals surface area (Å²) in [7, 11) is 0. The highest BCUT2D eigenvalue weighted by atomic mass is 32.1. The van der Waals surface area contributed by atoms with Crippen molar-refractivity contribution in [2.75, 3.05) is 13.1 Å². The molecule has 0 aromatic carbocycles. The van der Waals surface area contributed by atoms with E-state index in [1.54, 1.807) is 5.38 Å². The first-order chi connectivity index (χ1) is 8.06. The number of likely N-dealkylation sites (N-methyl/N-ethyl adjacent to an activating group) is 1. The normalized spacial score (nSPS) is 10.5. The summed E-state index contributed by atoms with van der Waals surface area (Å²) in [6.45, 7) is 3.25. The Balaban J connectivity index is 2.64. The Hall–Kier alpha value is -1.51. The number of hydrogen-bond donors (Lipinski definition) is 3. The Bertz CT molecular complexity index is 406. The third-order valence-corrected chi connectivity index (χ3v) is 2.98. The summed E-state index contributed by atoms with van der Waals surface area (Å²) in [5.74, 6) is 4.20. The van der Waals surface area contributed by atoms with Crippen LogP contribution in [-0.2, 0) is 11.3 Å². The molecule has 1 aromatic rings. The Kier molecular flexibility index (Phi) is 5.01. The number of hydrazine groups is 1. The number of hydrogen-bond acceptors (Lipinski definition) is 6. The zero-order chi connectivity index (χ0) is 12.8. The number of thiazole rings is 1. The van der Waals surface area contributed by atoms with E-state index in [1.807, 2.05) is 17.2 Å². The molecule has 0 spiro atoms. The largest absolute Gasteiger partial charge is 0.369 e. The lowest BCUT2D eigenvalue weighted by Gasteiger charge is -2.16. The van der Waals surface area contributed by atoms with Crippen molar-refractivity contribution in [3.63, 3.8) is 0 Å². The number of nitrogens with zero attached hydrogens (tertiary/aromatic N) is 2. The van der Waals surface area contributed by atoms with Crippen molar-refractivity contribution in [2.45, 2.75) is 13.5 Å². The van der Waals surface area contributed by atoms with Gasteiger partial charge in [0.25, 0.3) is 5.91 Å². The predicted octanol–water partition coefficient (Wildman–Crippen LogP) is -0.946. The van der Waals surface area contributed by atoms with E-state index in [0.29, 0.717) is 18.1 Å². The summed E-state index contributed by atoms with van der Waals surface area (Å²) in [6.07, 6.45) is 0. The zero-order valence-electron chi connectivity index (χ0n) is 9.47. The van der Waals surface area contributed by atoms with Crippen LogP contribution in [0.4, 0.5) is 0 Å². The Morgan fingerprint density at radius 1 is 1.59 bits per heavy atom. The van der Waals surface area contributed by atoms with Gasteiger partial charge < -0.3 is 5.73 Å². The van der Waals surface area contributed by atoms with E-state index in [0.717, 1.165) is 5.69 Å². The van der Waals surface area contributed by atoms with E-state index in [2.05, 4.69) is 4.98 Å². The van der Waals surface area contributed by atoms with Crippen molar-refractivity contribution in [3.05, 3.63) is 16.1 Å². The second-order valence-electron chi connectivity index (χ2n) is 3.39. The molecule has 2 amide bonds. The van der Waals surface area contributed by atoms with Crippen LogP contribution in [0.25, 0.3) is 0 Å². The fraction of sp³-hybridized carbons (Fsp3) is 0.444. The molecule has 1 rings (SSSR count). The third-order valence-electron chi connectivity index (χ3n) is 2.09. The van der Waals surface area contributed by atoms with E-state index in [9.17, 15) is 9.59 Å². The summed E-state index contributed by atoms with van der Waals surface area (Å²) in [5, 5.41) is 2.06. The van der Waals surface area contributed by atoms with Crippen molar-refractivity contribution in [1.82, 2.24) is 15.3 Å². The fourth-order valence-electron chi connectivity index (χ4n) is 1.27. The molecule has 0 aliphatic rings. The molecule has 0 aliphatic heterocycles. The lowest BCUT2D eigenvalue weighted by Crippen LogP contribution is -2.33. The Morgan fingerprint density at radius 2 is 2.29 bits per heavy atom. The van der Waals surface area contributed by atoms with Crippen LogP contribution in [-0.4, -0.2) is 34.8 Å². The topological polar surface area (TPSA) is 114 Å². The minimum atomic E-state index is -0.417. The molecule has 0 radical (unpaired) electrons. The maximum Gasteiger partial charge on any atom is 0.294 e. The fourth-order valence-corrected chi connectivity index (χ4v) is 1.99. The van der Waals surface area contributed by atoms with E-state index < -0.39 is 5.91 Å². The molecular formula is C9H15N5O2S. The number of primary amides is 1. The number of amides is 2. The van der Waals surface area contributed by atoms with Gasteiger partial charge in [0.2, 0.25) is 5.91 Å². The lowest BCUT2D eigenvalue weighted by molar-refractivity contribution is -0.119. The first-order valence-electron chi connectivity index (χ1n) is 5.02. The SMILES string of the molecule is CCN(CC(N)=O)Cc1csc(C(=O)NN)n1. The van der Waals surface area contributed by atoms with Gasteiger partial charge in [-0.25, -0.2) is 10.8 Å². The van der Waals surface area contributed by atoms with Gasteiger partial charge >= 0.3 is 0 Å². The second-order valence-corrected chi connectivity index (χ2v) is 4.25. The summed E-state index contributed by atoms with van der Waals surface area (Å²) in [6, 6.07) is 0. The highest BCUT2D eigenvalue weighted by Gasteiger charge is 2.12. The van der Waals surface area contributed by atoms with Gasteiger partial charge in [0, 0.05) is 11.9 Å². The highest BCUT2D eigenvalue weighted by Crippen LogP contribution is 2.11. The number of nitrogen functional groups attached to an aromatic ring is 1. The van der Waals surface area contributed by atoms with Crippen molar-refractivity contribution in [2.24, 2.45) is 11.6 Å². The molecule has 94 valence electrons. The molecule has 0 fully saturated rings. The van der Waals surface area contributed by atoms with E-state index >= 15 is 0 Å². The quantitative estimate of drug-likeness (QED) is 0.345. The average molecular weight is 257 g/mol. The number of nitrogens with one attached hydrogen (secondary N) is 1. The van der Waals surface area contributed by atoms with Gasteiger partial charge in [0.05, 0.1) is 12.2 Å². The van der Waals surface area contributed by atoms with Crippen molar-refractivity contribution in [1.29, 1.82) is 0 Å². The molecular weight excluding hydrogens is 242 g/mol. The van der Waals surface area contributed by atoms with Gasteiger partial charge in [-0.3, -0.25) is 19.9 Å². The van der Waals surface area contributed by atoms with Gasteiger partial charge in [-0.15, -0.1) is 11.3 Å². The lowest BCUT2D eigenvalue weighted by atomic mass is 10.4. The predicted molar refractivity (Wildman–Crippen MR) is 63.9 cm³/mol. The van der Waals surface area contributed by atoms with Crippen LogP contribution in [0.15, 0.2) is 5.38 Å². The number of carbonyl (C=O) groups excluding carboxylic acids is 2. The number of aromatic nitrogens is 1. The molecule has 0 aliphatic carbocycles. The minimum absolute atomic E-state index is 0.173. The van der Waals surface area contributed by atoms with Gasteiger partial charge in [0.1, 0.15) is 0 Å². The van der Waals surface area contributed by atoms with Crippen LogP contribution in [0, 0.1) is 0 Å². The third kappa shape index (κ3) is 4.10. The maximum absolute atomic E-state index is 11.2. The van der Waals surface area contributed by atoms with Crippen LogP contribution in [0.1, 0.15) is 22.4 Å². The standard InChI is InChI=1S/C9H15N5O2S/c1-2-14(4-7(10)15)3-6-5-17-9(12-6)8(16)13-11/h5H,2-4,11H2,1H3,(H2,10,15)(H,13,16). The van der Waals surface area contributed by atoms with Crippen molar-refractivity contribution in [3.8, 4) is 0 Å². The van der Waals surface area contributed by atoms with Crippen LogP contribution in [0.3, 0.4) is 0 Å². The molecule has 0 bridgehead atoms. The highest BCUT2D eigenvalue weighted by molar-refractivity contribution is 7.11. The van der Waals surface area contributed by atoms with Gasteiger partial charge in [0.15, 0.2) is 5.01 Å². The summed E-state index contributed by atoms with van der Waals surface area (Å²) >= 11 is 1.21. The number of rotatable bonds is 6. The zero-order valence-corrected chi connectivity index (χ0v) is 10.3. The molecule has 0 unspecified atom stereocenters. The van der Waals surface area contributed by atoms with E-state index in [-0.39, 0.29) is 12.5 Å². The Labute approximate surface area is 103 Å². The maximum atomic E-state index is 11.2. The van der Waals surface area contributed by atoms with Crippen LogP contribution < -0.4 is 17.0 Å². The Morgan fingerprint density at radius 3 is 2.82 bits per heavy atom. The summed E-state index contributed by atoms with van der Waals surface area (Å²) in [5.41, 5.74) is 7.85. The molecule has 5 N–H and O–H groups in total. The van der Waals surface area contributed by atoms with Gasteiger partial charge in [-0.2, -0.15) is 0 Å². The van der Waals surface area contributed by atoms with Gasteiger partial charge in [-0.1, -0.05) is 6.92 Å². The molecule has 8 heteroatoms. The molecule has 17 heavy (non-hydrogen) atoms. The van der Waals surface area contributed by atoms with Crippen LogP contribution >= 0.6 is 11.3 Å². The van der Waals surface area contributed by atoms with Crippen LogP contribution in [0.2, 0.25) is 0 Å². The summed E-state index contributed by atoms with van der Waals surface area (Å²) < 4.78 is 0.